The van der Waals surface area contributed by atoms with Gasteiger partial charge in [-0.05, 0) is 43.5 Å². The zero-order valence-corrected chi connectivity index (χ0v) is 6.65. The van der Waals surface area contributed by atoms with E-state index in [2.05, 4.69) is 19.9 Å². The summed E-state index contributed by atoms with van der Waals surface area (Å²) in [7, 11) is 0. The Morgan fingerprint density at radius 3 is 2.30 bits per heavy atom. The molecule has 1 aromatic carbocycles. The first-order valence-electron chi connectivity index (χ1n) is 3.37. The van der Waals surface area contributed by atoms with E-state index in [-0.39, 0.29) is 0 Å². The fourth-order valence-electron chi connectivity index (χ4n) is 0.900. The minimum absolute atomic E-state index is 0.767. The molecular weight excluding hydrogens is 122 g/mol. The predicted molar refractivity (Wildman–Crippen MR) is 43.9 cm³/mol. The highest BCUT2D eigenvalue weighted by atomic mass is 14.6. The molecule has 1 rings (SSSR count). The lowest BCUT2D eigenvalue weighted by atomic mass is 10.0. The van der Waals surface area contributed by atoms with Crippen molar-refractivity contribution in [1.29, 1.82) is 0 Å². The molecule has 0 saturated heterocycles. The van der Waals surface area contributed by atoms with Crippen molar-refractivity contribution in [3.63, 3.8) is 0 Å². The Hall–Kier alpha value is -0.980. The van der Waals surface area contributed by atoms with E-state index in [0.717, 1.165) is 11.3 Å². The molecule has 0 amide bonds. The van der Waals surface area contributed by atoms with Gasteiger partial charge in [0, 0.05) is 11.8 Å². The minimum atomic E-state index is 0.767. The van der Waals surface area contributed by atoms with Crippen LogP contribution in [-0.4, -0.2) is 0 Å². The number of rotatable bonds is 0. The molecule has 0 fully saturated rings. The first-order chi connectivity index (χ1) is 4.63. The van der Waals surface area contributed by atoms with Gasteiger partial charge in [0.15, 0.2) is 0 Å². The van der Waals surface area contributed by atoms with Crippen molar-refractivity contribution in [3.8, 4) is 0 Å². The van der Waals surface area contributed by atoms with Crippen molar-refractivity contribution < 1.29 is 0 Å². The van der Waals surface area contributed by atoms with Crippen LogP contribution in [-0.2, 0) is 0 Å². The van der Waals surface area contributed by atoms with Crippen LogP contribution in [0.1, 0.15) is 16.7 Å². The third-order valence-corrected chi connectivity index (χ3v) is 2.00. The zero-order chi connectivity index (χ0) is 7.72. The van der Waals surface area contributed by atoms with Crippen LogP contribution in [0.25, 0.3) is 0 Å². The smallest absolute Gasteiger partial charge is 0.0427 e. The van der Waals surface area contributed by atoms with Crippen molar-refractivity contribution in [2.75, 3.05) is 5.73 Å². The number of nitrogen functional groups attached to an aromatic ring is 1. The molecule has 0 aliphatic carbocycles. The Morgan fingerprint density at radius 2 is 1.80 bits per heavy atom. The van der Waals surface area contributed by atoms with Crippen LogP contribution in [0.3, 0.4) is 0 Å². The van der Waals surface area contributed by atoms with Gasteiger partial charge < -0.3 is 5.73 Å². The number of anilines is 1. The second-order valence-corrected chi connectivity index (χ2v) is 2.64. The molecule has 0 aliphatic rings. The van der Waals surface area contributed by atoms with Crippen LogP contribution < -0.4 is 5.73 Å². The van der Waals surface area contributed by atoms with Crippen LogP contribution in [0.2, 0.25) is 0 Å². The highest BCUT2D eigenvalue weighted by molar-refractivity contribution is 5.51. The Morgan fingerprint density at radius 1 is 1.20 bits per heavy atom. The maximum atomic E-state index is 5.63. The van der Waals surface area contributed by atoms with E-state index in [1.807, 2.05) is 13.0 Å². The normalized spacial score (nSPS) is 9.90. The van der Waals surface area contributed by atoms with Crippen LogP contribution in [0.4, 0.5) is 5.69 Å². The van der Waals surface area contributed by atoms with Crippen molar-refractivity contribution >= 4 is 5.69 Å². The molecule has 0 aromatic heterocycles. The molecule has 2 N–H and O–H groups in total. The number of nitrogens with two attached hydrogens (primary N) is 1. The summed E-state index contributed by atoms with van der Waals surface area (Å²) in [5, 5.41) is 0. The summed E-state index contributed by atoms with van der Waals surface area (Å²) in [6, 6.07) is 4.91. The quantitative estimate of drug-likeness (QED) is 0.539. The molecule has 1 aromatic rings. The van der Waals surface area contributed by atoms with E-state index in [4.69, 9.17) is 5.73 Å². The molecule has 1 heteroatoms. The third-order valence-electron chi connectivity index (χ3n) is 2.00. The molecule has 0 heterocycles. The minimum Gasteiger partial charge on any atom is -0.398 e. The van der Waals surface area contributed by atoms with Gasteiger partial charge >= 0.3 is 0 Å². The van der Waals surface area contributed by atoms with E-state index in [0.29, 0.717) is 0 Å². The Kier molecular flexibility index (Phi) is 1.66. The van der Waals surface area contributed by atoms with Gasteiger partial charge in [0.05, 0.1) is 0 Å². The van der Waals surface area contributed by atoms with Crippen molar-refractivity contribution in [2.24, 2.45) is 0 Å². The molecule has 1 nitrogen and oxygen atoms in total. The van der Waals surface area contributed by atoms with E-state index < -0.39 is 0 Å². The van der Waals surface area contributed by atoms with Gasteiger partial charge in [0.25, 0.3) is 0 Å². The highest BCUT2D eigenvalue weighted by Gasteiger charge is 1.98. The Labute approximate surface area is 61.9 Å². The van der Waals surface area contributed by atoms with Gasteiger partial charge in [0.1, 0.15) is 0 Å². The maximum absolute atomic E-state index is 5.63. The summed E-state index contributed by atoms with van der Waals surface area (Å²) < 4.78 is 0. The van der Waals surface area contributed by atoms with Gasteiger partial charge in [-0.25, -0.2) is 0 Å². The van der Waals surface area contributed by atoms with E-state index in [1.165, 1.54) is 11.1 Å². The maximum Gasteiger partial charge on any atom is 0.0427 e. The van der Waals surface area contributed by atoms with E-state index in [9.17, 15) is 0 Å². The summed E-state index contributed by atoms with van der Waals surface area (Å²) in [6.07, 6.45) is 0. The Bertz CT molecular complexity index is 224. The number of hydrogen-bond donors (Lipinski definition) is 1. The summed E-state index contributed by atoms with van der Waals surface area (Å²) in [4.78, 5) is 0. The molecule has 10 heavy (non-hydrogen) atoms. The summed E-state index contributed by atoms with van der Waals surface area (Å²) >= 11 is 0. The first kappa shape index (κ1) is 7.13. The summed E-state index contributed by atoms with van der Waals surface area (Å²) in [5.74, 6) is 0. The lowest BCUT2D eigenvalue weighted by Gasteiger charge is -2.05. The molecule has 0 bridgehead atoms. The molecule has 0 atom stereocenters. The summed E-state index contributed by atoms with van der Waals surface area (Å²) in [6.45, 7) is 6.17. The van der Waals surface area contributed by atoms with Gasteiger partial charge in [0.2, 0.25) is 0 Å². The fourth-order valence-corrected chi connectivity index (χ4v) is 0.900. The number of hydrogen-bond acceptors (Lipinski definition) is 1. The largest absolute Gasteiger partial charge is 0.398 e. The average molecular weight is 134 g/mol. The molecule has 0 unspecified atom stereocenters. The first-order valence-corrected chi connectivity index (χ1v) is 3.37. The van der Waals surface area contributed by atoms with E-state index in [1.54, 1.807) is 0 Å². The van der Waals surface area contributed by atoms with Crippen LogP contribution in [0.15, 0.2) is 6.07 Å². The zero-order valence-electron chi connectivity index (χ0n) is 6.65. The lowest BCUT2D eigenvalue weighted by molar-refractivity contribution is 1.27. The monoisotopic (exact) mass is 134 g/mol. The second-order valence-electron chi connectivity index (χ2n) is 2.64. The van der Waals surface area contributed by atoms with Crippen LogP contribution >= 0.6 is 0 Å². The highest BCUT2D eigenvalue weighted by Crippen LogP contribution is 2.17. The van der Waals surface area contributed by atoms with Crippen molar-refractivity contribution in [3.05, 3.63) is 28.8 Å². The molecule has 0 saturated carbocycles. The predicted octanol–water partition coefficient (Wildman–Crippen LogP) is 1.99. The summed E-state index contributed by atoms with van der Waals surface area (Å²) in [5.41, 5.74) is 10.1. The molecule has 1 radical (unpaired) electrons. The molecule has 0 spiro atoms. The molecule has 0 aliphatic heterocycles. The topological polar surface area (TPSA) is 26.0 Å². The lowest BCUT2D eigenvalue weighted by Crippen LogP contribution is -1.93. The number of aryl methyl sites for hydroxylation is 1. The van der Waals surface area contributed by atoms with Crippen molar-refractivity contribution in [1.82, 2.24) is 0 Å². The second kappa shape index (κ2) is 2.33. The third kappa shape index (κ3) is 0.991. The molecule has 53 valence electrons. The van der Waals surface area contributed by atoms with Crippen LogP contribution in [0.5, 0.6) is 0 Å². The van der Waals surface area contributed by atoms with Gasteiger partial charge in [-0.2, -0.15) is 0 Å². The van der Waals surface area contributed by atoms with Crippen LogP contribution in [0, 0.1) is 26.8 Å². The van der Waals surface area contributed by atoms with Gasteiger partial charge in [-0.15, -0.1) is 0 Å². The fraction of sp³-hybridized carbons (Fsp3) is 0.333. The average Bonchev–Trinajstić information content (AvgIpc) is 1.93. The Balaban J connectivity index is 3.34. The standard InChI is InChI=1S/C9H12N/c1-6-4-5-9(10)8(3)7(6)2/h4H,10H2,1-3H3. The SMILES string of the molecule is Cc1c[c]c(N)c(C)c1C. The van der Waals surface area contributed by atoms with Crippen molar-refractivity contribution in [2.45, 2.75) is 20.8 Å². The van der Waals surface area contributed by atoms with E-state index >= 15 is 0 Å². The van der Waals surface area contributed by atoms with Gasteiger partial charge in [-0.1, -0.05) is 0 Å². The molecular formula is C9H12N. The number of benzene rings is 1. The van der Waals surface area contributed by atoms with Gasteiger partial charge in [-0.3, -0.25) is 0 Å².